The summed E-state index contributed by atoms with van der Waals surface area (Å²) in [6, 6.07) is 16.8. The van der Waals surface area contributed by atoms with Crippen molar-refractivity contribution in [2.24, 2.45) is 0 Å². The summed E-state index contributed by atoms with van der Waals surface area (Å²) in [5.41, 5.74) is 1.94. The lowest BCUT2D eigenvalue weighted by Crippen LogP contribution is -2.50. The molecule has 2 aromatic rings. The first-order valence-electron chi connectivity index (χ1n) is 9.54. The number of likely N-dealkylation sites (N-methyl/N-ethyl adjacent to an activating group) is 1. The van der Waals surface area contributed by atoms with Crippen LogP contribution in [0.1, 0.15) is 38.7 Å². The Morgan fingerprint density at radius 1 is 0.929 bits per heavy atom. The standard InChI is InChI=1S/C22H23N3O3/c1-23-13-14-24(19(15-23)16-7-3-2-4-8-16)20(26)11-12-25-21(27)17-9-5-6-10-18(17)22(25)28/h2-10,19H,11-15H2,1H3. The molecule has 0 spiro atoms. The zero-order valence-corrected chi connectivity index (χ0v) is 15.9. The average Bonchev–Trinajstić information content (AvgIpc) is 2.97. The summed E-state index contributed by atoms with van der Waals surface area (Å²) >= 11 is 0. The number of fused-ring (bicyclic) bond motifs is 1. The van der Waals surface area contributed by atoms with Crippen LogP contribution in [-0.4, -0.2) is 65.6 Å². The maximum atomic E-state index is 13.0. The molecule has 2 heterocycles. The lowest BCUT2D eigenvalue weighted by Gasteiger charge is -2.40. The van der Waals surface area contributed by atoms with Crippen molar-refractivity contribution in [1.29, 1.82) is 0 Å². The van der Waals surface area contributed by atoms with E-state index in [0.717, 1.165) is 18.7 Å². The maximum Gasteiger partial charge on any atom is 0.261 e. The predicted molar refractivity (Wildman–Crippen MR) is 105 cm³/mol. The maximum absolute atomic E-state index is 13.0. The van der Waals surface area contributed by atoms with Crippen molar-refractivity contribution in [3.63, 3.8) is 0 Å². The molecule has 0 radical (unpaired) electrons. The third-order valence-electron chi connectivity index (χ3n) is 5.52. The number of imide groups is 1. The van der Waals surface area contributed by atoms with Gasteiger partial charge in [-0.1, -0.05) is 42.5 Å². The molecule has 3 amide bonds. The molecule has 6 nitrogen and oxygen atoms in total. The van der Waals surface area contributed by atoms with Crippen LogP contribution in [-0.2, 0) is 4.79 Å². The number of amides is 3. The van der Waals surface area contributed by atoms with Crippen molar-refractivity contribution in [2.45, 2.75) is 12.5 Å². The van der Waals surface area contributed by atoms with E-state index in [1.165, 1.54) is 4.90 Å². The zero-order valence-electron chi connectivity index (χ0n) is 15.9. The van der Waals surface area contributed by atoms with Crippen LogP contribution in [0.25, 0.3) is 0 Å². The van der Waals surface area contributed by atoms with Gasteiger partial charge in [-0.15, -0.1) is 0 Å². The molecule has 2 aromatic carbocycles. The molecule has 1 fully saturated rings. The molecule has 0 N–H and O–H groups in total. The first kappa shape index (κ1) is 18.4. The SMILES string of the molecule is CN1CCN(C(=O)CCN2C(=O)c3ccccc3C2=O)C(c2ccccc2)C1. The number of carbonyl (C=O) groups excluding carboxylic acids is 3. The van der Waals surface area contributed by atoms with E-state index in [9.17, 15) is 14.4 Å². The second kappa shape index (κ2) is 7.56. The van der Waals surface area contributed by atoms with E-state index in [1.807, 2.05) is 35.2 Å². The van der Waals surface area contributed by atoms with E-state index < -0.39 is 0 Å². The molecule has 0 aromatic heterocycles. The van der Waals surface area contributed by atoms with Gasteiger partial charge < -0.3 is 9.80 Å². The minimum atomic E-state index is -0.314. The molecule has 28 heavy (non-hydrogen) atoms. The Hall–Kier alpha value is -2.99. The summed E-state index contributed by atoms with van der Waals surface area (Å²) in [6.07, 6.45) is 0.137. The van der Waals surface area contributed by atoms with Gasteiger partial charge in [0.2, 0.25) is 5.91 Å². The van der Waals surface area contributed by atoms with Crippen LogP contribution in [0, 0.1) is 0 Å². The van der Waals surface area contributed by atoms with Gasteiger partial charge in [-0.2, -0.15) is 0 Å². The first-order chi connectivity index (χ1) is 13.6. The summed E-state index contributed by atoms with van der Waals surface area (Å²) in [7, 11) is 2.05. The molecule has 2 aliphatic heterocycles. The summed E-state index contributed by atoms with van der Waals surface area (Å²) in [5, 5.41) is 0. The fraction of sp³-hybridized carbons (Fsp3) is 0.318. The van der Waals surface area contributed by atoms with E-state index in [-0.39, 0.29) is 36.7 Å². The highest BCUT2D eigenvalue weighted by atomic mass is 16.2. The molecule has 1 unspecified atom stereocenters. The Labute approximate surface area is 164 Å². The van der Waals surface area contributed by atoms with Crippen LogP contribution < -0.4 is 0 Å². The molecular weight excluding hydrogens is 354 g/mol. The molecule has 1 atom stereocenters. The van der Waals surface area contributed by atoms with Gasteiger partial charge in [0.25, 0.3) is 11.8 Å². The van der Waals surface area contributed by atoms with Gasteiger partial charge >= 0.3 is 0 Å². The Balaban J connectivity index is 1.46. The van der Waals surface area contributed by atoms with Gasteiger partial charge in [0, 0.05) is 32.6 Å². The number of benzene rings is 2. The number of hydrogen-bond acceptors (Lipinski definition) is 4. The second-order valence-corrected chi connectivity index (χ2v) is 7.33. The van der Waals surface area contributed by atoms with Crippen molar-refractivity contribution in [1.82, 2.24) is 14.7 Å². The molecular formula is C22H23N3O3. The third-order valence-corrected chi connectivity index (χ3v) is 5.52. The van der Waals surface area contributed by atoms with E-state index in [1.54, 1.807) is 24.3 Å². The number of carbonyl (C=O) groups is 3. The lowest BCUT2D eigenvalue weighted by atomic mass is 10.0. The number of rotatable bonds is 4. The summed E-state index contributed by atoms with van der Waals surface area (Å²) in [5.74, 6) is -0.656. The smallest absolute Gasteiger partial charge is 0.261 e. The third kappa shape index (κ3) is 3.31. The van der Waals surface area contributed by atoms with Gasteiger partial charge in [0.05, 0.1) is 17.2 Å². The topological polar surface area (TPSA) is 60.9 Å². The van der Waals surface area contributed by atoms with Crippen molar-refractivity contribution < 1.29 is 14.4 Å². The normalized spacial score (nSPS) is 19.8. The van der Waals surface area contributed by atoms with E-state index in [0.29, 0.717) is 17.7 Å². The summed E-state index contributed by atoms with van der Waals surface area (Å²) in [4.78, 5) is 43.3. The Kier molecular flexibility index (Phi) is 4.96. The monoisotopic (exact) mass is 377 g/mol. The van der Waals surface area contributed by atoms with Crippen LogP contribution in [0.4, 0.5) is 0 Å². The number of piperazine rings is 1. The minimum absolute atomic E-state index is 0.0189. The first-order valence-corrected chi connectivity index (χ1v) is 9.54. The Morgan fingerprint density at radius 3 is 2.18 bits per heavy atom. The van der Waals surface area contributed by atoms with Gasteiger partial charge in [-0.25, -0.2) is 0 Å². The number of hydrogen-bond donors (Lipinski definition) is 0. The van der Waals surface area contributed by atoms with E-state index in [2.05, 4.69) is 11.9 Å². The number of nitrogens with zero attached hydrogens (tertiary/aromatic N) is 3. The molecule has 1 saturated heterocycles. The largest absolute Gasteiger partial charge is 0.333 e. The van der Waals surface area contributed by atoms with Crippen molar-refractivity contribution >= 4 is 17.7 Å². The zero-order chi connectivity index (χ0) is 19.7. The molecule has 144 valence electrons. The van der Waals surface area contributed by atoms with E-state index in [4.69, 9.17) is 0 Å². The van der Waals surface area contributed by atoms with Crippen LogP contribution in [0.5, 0.6) is 0 Å². The summed E-state index contributed by atoms with van der Waals surface area (Å²) in [6.45, 7) is 2.32. The molecule has 0 aliphatic carbocycles. The fourth-order valence-electron chi connectivity index (χ4n) is 3.97. The van der Waals surface area contributed by atoms with Crippen molar-refractivity contribution in [2.75, 3.05) is 33.2 Å². The molecule has 0 saturated carbocycles. The highest BCUT2D eigenvalue weighted by Crippen LogP contribution is 2.26. The van der Waals surface area contributed by atoms with Crippen molar-refractivity contribution in [3.05, 3.63) is 71.3 Å². The summed E-state index contributed by atoms with van der Waals surface area (Å²) < 4.78 is 0. The average molecular weight is 377 g/mol. The molecule has 2 aliphatic rings. The van der Waals surface area contributed by atoms with Crippen LogP contribution in [0.2, 0.25) is 0 Å². The van der Waals surface area contributed by atoms with Crippen LogP contribution >= 0.6 is 0 Å². The second-order valence-electron chi connectivity index (χ2n) is 7.33. The highest BCUT2D eigenvalue weighted by Gasteiger charge is 2.36. The fourth-order valence-corrected chi connectivity index (χ4v) is 3.97. The Morgan fingerprint density at radius 2 is 1.54 bits per heavy atom. The predicted octanol–water partition coefficient (Wildman–Crippen LogP) is 2.19. The van der Waals surface area contributed by atoms with E-state index >= 15 is 0 Å². The molecule has 6 heteroatoms. The van der Waals surface area contributed by atoms with Crippen molar-refractivity contribution in [3.8, 4) is 0 Å². The van der Waals surface area contributed by atoms with Gasteiger partial charge in [-0.3, -0.25) is 19.3 Å². The van der Waals surface area contributed by atoms with Gasteiger partial charge in [0.1, 0.15) is 0 Å². The quantitative estimate of drug-likeness (QED) is 0.767. The highest BCUT2D eigenvalue weighted by molar-refractivity contribution is 6.21. The van der Waals surface area contributed by atoms with Crippen LogP contribution in [0.3, 0.4) is 0 Å². The molecule has 4 rings (SSSR count). The molecule has 0 bridgehead atoms. The van der Waals surface area contributed by atoms with Crippen LogP contribution in [0.15, 0.2) is 54.6 Å². The van der Waals surface area contributed by atoms with Gasteiger partial charge in [-0.05, 0) is 24.7 Å². The Bertz CT molecular complexity index is 877. The van der Waals surface area contributed by atoms with Gasteiger partial charge in [0.15, 0.2) is 0 Å². The minimum Gasteiger partial charge on any atom is -0.333 e. The lowest BCUT2D eigenvalue weighted by molar-refractivity contribution is -0.136.